The van der Waals surface area contributed by atoms with E-state index in [0.717, 1.165) is 11.6 Å². The number of carbonyl (C=O) groups is 1. The Morgan fingerprint density at radius 2 is 1.82 bits per heavy atom. The van der Waals surface area contributed by atoms with E-state index in [4.69, 9.17) is 14.2 Å². The SMILES string of the molecule is CCOC(Cc1ccc(OCc2cnc3c(C(F)(F)F)cccc3c2OC(C)C)cc1)C(=O)O. The average Bonchev–Trinajstić information content (AvgIpc) is 2.77. The van der Waals surface area contributed by atoms with E-state index < -0.39 is 23.8 Å². The number of benzene rings is 2. The Kier molecular flexibility index (Phi) is 7.98. The minimum atomic E-state index is -4.54. The molecule has 0 bridgehead atoms. The molecular weight excluding hydrogens is 451 g/mol. The number of carboxylic acid groups (broad SMARTS) is 1. The van der Waals surface area contributed by atoms with Gasteiger partial charge in [0.2, 0.25) is 0 Å². The highest BCUT2D eigenvalue weighted by atomic mass is 19.4. The van der Waals surface area contributed by atoms with Gasteiger partial charge >= 0.3 is 12.1 Å². The molecule has 0 aliphatic rings. The number of nitrogens with zero attached hydrogens (tertiary/aromatic N) is 1. The van der Waals surface area contributed by atoms with E-state index in [1.54, 1.807) is 51.1 Å². The molecule has 1 unspecified atom stereocenters. The van der Waals surface area contributed by atoms with E-state index in [1.807, 2.05) is 0 Å². The van der Waals surface area contributed by atoms with Crippen LogP contribution < -0.4 is 9.47 Å². The summed E-state index contributed by atoms with van der Waals surface area (Å²) in [6.07, 6.45) is -4.19. The summed E-state index contributed by atoms with van der Waals surface area (Å²) in [6.45, 7) is 5.63. The first kappa shape index (κ1) is 25.3. The Hall–Kier alpha value is -3.33. The first-order chi connectivity index (χ1) is 16.1. The molecule has 0 aliphatic carbocycles. The topological polar surface area (TPSA) is 77.9 Å². The molecule has 3 aromatic rings. The first-order valence-corrected chi connectivity index (χ1v) is 10.8. The number of ether oxygens (including phenoxy) is 3. The molecule has 0 radical (unpaired) electrons. The Balaban J connectivity index is 1.82. The van der Waals surface area contributed by atoms with Gasteiger partial charge in [-0.3, -0.25) is 4.98 Å². The van der Waals surface area contributed by atoms with Crippen molar-refractivity contribution in [1.82, 2.24) is 4.98 Å². The van der Waals surface area contributed by atoms with Crippen molar-refractivity contribution >= 4 is 16.9 Å². The fraction of sp³-hybridized carbons (Fsp3) is 0.360. The van der Waals surface area contributed by atoms with E-state index in [2.05, 4.69) is 4.98 Å². The third-order valence-corrected chi connectivity index (χ3v) is 4.96. The summed E-state index contributed by atoms with van der Waals surface area (Å²) in [5, 5.41) is 9.49. The smallest absolute Gasteiger partial charge is 0.418 e. The van der Waals surface area contributed by atoms with Crippen LogP contribution in [-0.4, -0.2) is 34.9 Å². The number of hydrogen-bond acceptors (Lipinski definition) is 5. The predicted octanol–water partition coefficient (Wildman–Crippen LogP) is 5.65. The molecule has 9 heteroatoms. The molecular formula is C25H26F3NO5. The molecule has 2 aromatic carbocycles. The highest BCUT2D eigenvalue weighted by Gasteiger charge is 2.34. The Bertz CT molecular complexity index is 1130. The molecule has 0 amide bonds. The second-order valence-corrected chi connectivity index (χ2v) is 7.90. The number of para-hydroxylation sites is 1. The van der Waals surface area contributed by atoms with Crippen LogP contribution in [0, 0.1) is 0 Å². The molecule has 3 rings (SSSR count). The third kappa shape index (κ3) is 6.17. The van der Waals surface area contributed by atoms with E-state index in [0.29, 0.717) is 23.7 Å². The van der Waals surface area contributed by atoms with Crippen molar-refractivity contribution in [2.24, 2.45) is 0 Å². The molecule has 0 aliphatic heterocycles. The van der Waals surface area contributed by atoms with Crippen molar-refractivity contribution in [3.8, 4) is 11.5 Å². The van der Waals surface area contributed by atoms with E-state index >= 15 is 0 Å². The second-order valence-electron chi connectivity index (χ2n) is 7.90. The predicted molar refractivity (Wildman–Crippen MR) is 120 cm³/mol. The number of halogens is 3. The van der Waals surface area contributed by atoms with Gasteiger partial charge in [-0.15, -0.1) is 0 Å². The normalized spacial score (nSPS) is 12.7. The molecule has 1 atom stereocenters. The lowest BCUT2D eigenvalue weighted by atomic mass is 10.1. The maximum absolute atomic E-state index is 13.4. The summed E-state index contributed by atoms with van der Waals surface area (Å²) in [5.74, 6) is -0.229. The Labute approximate surface area is 195 Å². The van der Waals surface area contributed by atoms with E-state index in [9.17, 15) is 23.1 Å². The summed E-state index contributed by atoms with van der Waals surface area (Å²) in [4.78, 5) is 15.3. The summed E-state index contributed by atoms with van der Waals surface area (Å²) in [5.41, 5.74) is 0.269. The van der Waals surface area contributed by atoms with E-state index in [-0.39, 0.29) is 30.0 Å². The minimum Gasteiger partial charge on any atom is -0.490 e. The number of alkyl halides is 3. The molecule has 0 saturated carbocycles. The van der Waals surface area contributed by atoms with Crippen molar-refractivity contribution < 1.29 is 37.3 Å². The number of carboxylic acids is 1. The maximum Gasteiger partial charge on any atom is 0.418 e. The fourth-order valence-electron chi connectivity index (χ4n) is 3.46. The highest BCUT2D eigenvalue weighted by Crippen LogP contribution is 2.38. The second kappa shape index (κ2) is 10.7. The molecule has 6 nitrogen and oxygen atoms in total. The molecule has 0 saturated heterocycles. The van der Waals surface area contributed by atoms with Gasteiger partial charge in [0.25, 0.3) is 0 Å². The number of fused-ring (bicyclic) bond motifs is 1. The van der Waals surface area contributed by atoms with Gasteiger partial charge in [0, 0.05) is 24.6 Å². The first-order valence-electron chi connectivity index (χ1n) is 10.8. The van der Waals surface area contributed by atoms with Crippen LogP contribution in [0.25, 0.3) is 10.9 Å². The summed E-state index contributed by atoms with van der Waals surface area (Å²) < 4.78 is 57.2. The van der Waals surface area contributed by atoms with Gasteiger partial charge < -0.3 is 19.3 Å². The van der Waals surface area contributed by atoms with E-state index in [1.165, 1.54) is 12.3 Å². The van der Waals surface area contributed by atoms with Gasteiger partial charge in [-0.25, -0.2) is 4.79 Å². The van der Waals surface area contributed by atoms with Crippen molar-refractivity contribution in [3.63, 3.8) is 0 Å². The van der Waals surface area contributed by atoms with Crippen LogP contribution in [0.3, 0.4) is 0 Å². The molecule has 1 heterocycles. The van der Waals surface area contributed by atoms with Gasteiger partial charge in [0.1, 0.15) is 18.1 Å². The largest absolute Gasteiger partial charge is 0.490 e. The molecule has 182 valence electrons. The van der Waals surface area contributed by atoms with Crippen LogP contribution in [0.4, 0.5) is 13.2 Å². The van der Waals surface area contributed by atoms with Gasteiger partial charge in [-0.2, -0.15) is 13.2 Å². The average molecular weight is 477 g/mol. The van der Waals surface area contributed by atoms with Crippen LogP contribution in [0.1, 0.15) is 37.5 Å². The van der Waals surface area contributed by atoms with Crippen LogP contribution >= 0.6 is 0 Å². The van der Waals surface area contributed by atoms with Crippen LogP contribution in [0.5, 0.6) is 11.5 Å². The number of rotatable bonds is 10. The summed E-state index contributed by atoms with van der Waals surface area (Å²) >= 11 is 0. The molecule has 0 fully saturated rings. The van der Waals surface area contributed by atoms with Gasteiger partial charge in [0.05, 0.1) is 22.7 Å². The standard InChI is InChI=1S/C25H26F3NO5/c1-4-32-21(24(30)31)12-16-8-10-18(11-9-16)33-14-17-13-29-22-19(23(17)34-15(2)3)6-5-7-20(22)25(26,27)28/h5-11,13,15,21H,4,12,14H2,1-3H3,(H,30,31). The lowest BCUT2D eigenvalue weighted by Gasteiger charge is -2.18. The quantitative estimate of drug-likeness (QED) is 0.407. The Morgan fingerprint density at radius 3 is 2.41 bits per heavy atom. The third-order valence-electron chi connectivity index (χ3n) is 4.96. The zero-order valence-corrected chi connectivity index (χ0v) is 19.1. The van der Waals surface area contributed by atoms with Crippen LogP contribution in [0.15, 0.2) is 48.7 Å². The Morgan fingerprint density at radius 1 is 1.12 bits per heavy atom. The fourth-order valence-corrected chi connectivity index (χ4v) is 3.46. The zero-order valence-electron chi connectivity index (χ0n) is 19.1. The van der Waals surface area contributed by atoms with Crippen molar-refractivity contribution in [2.45, 2.75) is 52.2 Å². The number of aromatic nitrogens is 1. The summed E-state index contributed by atoms with van der Waals surface area (Å²) in [7, 11) is 0. The van der Waals surface area contributed by atoms with Crippen molar-refractivity contribution in [3.05, 3.63) is 65.4 Å². The number of pyridine rings is 1. The minimum absolute atomic E-state index is 0.0251. The van der Waals surface area contributed by atoms with Crippen LogP contribution in [-0.2, 0) is 28.7 Å². The highest BCUT2D eigenvalue weighted by molar-refractivity contribution is 5.89. The summed E-state index contributed by atoms with van der Waals surface area (Å²) in [6, 6.07) is 10.7. The van der Waals surface area contributed by atoms with Crippen LogP contribution in [0.2, 0.25) is 0 Å². The van der Waals surface area contributed by atoms with Crippen molar-refractivity contribution in [2.75, 3.05) is 6.61 Å². The molecule has 34 heavy (non-hydrogen) atoms. The van der Waals surface area contributed by atoms with Gasteiger partial charge in [0.15, 0.2) is 6.10 Å². The monoisotopic (exact) mass is 477 g/mol. The maximum atomic E-state index is 13.4. The van der Waals surface area contributed by atoms with Crippen molar-refractivity contribution in [1.29, 1.82) is 0 Å². The number of aliphatic carboxylic acids is 1. The molecule has 1 N–H and O–H groups in total. The number of hydrogen-bond donors (Lipinski definition) is 1. The van der Waals surface area contributed by atoms with Gasteiger partial charge in [-0.1, -0.05) is 18.2 Å². The lowest BCUT2D eigenvalue weighted by Crippen LogP contribution is -2.26. The molecule has 0 spiro atoms. The van der Waals surface area contributed by atoms with Gasteiger partial charge in [-0.05, 0) is 50.6 Å². The zero-order chi connectivity index (χ0) is 24.9. The lowest BCUT2D eigenvalue weighted by molar-refractivity contribution is -0.150. The molecule has 1 aromatic heterocycles.